The van der Waals surface area contributed by atoms with Gasteiger partial charge in [-0.3, -0.25) is 0 Å². The van der Waals surface area contributed by atoms with Crippen LogP contribution in [-0.2, 0) is 0 Å². The minimum Gasteiger partial charge on any atom is -0.310 e. The highest BCUT2D eigenvalue weighted by atomic mass is 32.2. The molecule has 0 aliphatic carbocycles. The van der Waals surface area contributed by atoms with Crippen LogP contribution >= 0.6 is 23.3 Å². The van der Waals surface area contributed by atoms with Crippen LogP contribution in [0.2, 0.25) is 0 Å². The Kier molecular flexibility index (Phi) is 13.5. The lowest BCUT2D eigenvalue weighted by Crippen LogP contribution is -2.15. The SMILES string of the molecule is CCCCCCCCCCCCCCCCCN(Sc1nc2ccccc2s1)c1ccccc1. The standard InChI is InChI=1S/C30H44N2S2/c1-2-3-4-5-6-7-8-9-10-11-12-13-14-15-21-26-32(27-22-17-16-18-23-27)34-30-31-28-24-19-20-25-29(28)33-30/h16-20,22-25H,2-15,21,26H2,1H3. The number of fused-ring (bicyclic) bond motifs is 1. The smallest absolute Gasteiger partial charge is 0.171 e. The molecule has 0 aliphatic heterocycles. The second-order valence-electron chi connectivity index (χ2n) is 9.43. The normalized spacial score (nSPS) is 11.3. The fraction of sp³-hybridized carbons (Fsp3) is 0.567. The van der Waals surface area contributed by atoms with Gasteiger partial charge in [0.05, 0.1) is 10.2 Å². The maximum atomic E-state index is 4.84. The van der Waals surface area contributed by atoms with E-state index in [9.17, 15) is 0 Å². The van der Waals surface area contributed by atoms with Crippen LogP contribution in [0.5, 0.6) is 0 Å². The Morgan fingerprint density at radius 3 is 1.76 bits per heavy atom. The summed E-state index contributed by atoms with van der Waals surface area (Å²) in [5.41, 5.74) is 2.38. The number of benzene rings is 2. The third-order valence-corrected chi connectivity index (χ3v) is 8.64. The van der Waals surface area contributed by atoms with Crippen molar-refractivity contribution >= 4 is 39.2 Å². The zero-order valence-electron chi connectivity index (χ0n) is 21.2. The van der Waals surface area contributed by atoms with Gasteiger partial charge < -0.3 is 4.31 Å². The fourth-order valence-corrected chi connectivity index (χ4v) is 6.59. The topological polar surface area (TPSA) is 16.1 Å². The molecule has 0 bridgehead atoms. The number of hydrogen-bond acceptors (Lipinski definition) is 4. The van der Waals surface area contributed by atoms with E-state index < -0.39 is 0 Å². The summed E-state index contributed by atoms with van der Waals surface area (Å²) in [5, 5.41) is 0. The molecule has 0 spiro atoms. The molecular weight excluding hydrogens is 452 g/mol. The highest BCUT2D eigenvalue weighted by Gasteiger charge is 2.12. The van der Waals surface area contributed by atoms with Gasteiger partial charge in [-0.15, -0.1) is 11.3 Å². The molecule has 1 aromatic heterocycles. The van der Waals surface area contributed by atoms with E-state index in [0.717, 1.165) is 16.4 Å². The van der Waals surface area contributed by atoms with Crippen LogP contribution in [0.1, 0.15) is 103 Å². The summed E-state index contributed by atoms with van der Waals surface area (Å²) in [6.45, 7) is 3.37. The molecule has 0 aliphatic rings. The van der Waals surface area contributed by atoms with E-state index in [0.29, 0.717) is 0 Å². The average Bonchev–Trinajstić information content (AvgIpc) is 3.29. The molecule has 1 heterocycles. The van der Waals surface area contributed by atoms with E-state index in [2.05, 4.69) is 65.8 Å². The summed E-state index contributed by atoms with van der Waals surface area (Å²) in [5.74, 6) is 0. The maximum absolute atomic E-state index is 4.84. The van der Waals surface area contributed by atoms with E-state index in [1.54, 1.807) is 23.3 Å². The van der Waals surface area contributed by atoms with E-state index in [-0.39, 0.29) is 0 Å². The van der Waals surface area contributed by atoms with Gasteiger partial charge >= 0.3 is 0 Å². The molecule has 0 unspecified atom stereocenters. The van der Waals surface area contributed by atoms with Gasteiger partial charge in [-0.1, -0.05) is 127 Å². The van der Waals surface area contributed by atoms with E-state index in [1.165, 1.54) is 107 Å². The van der Waals surface area contributed by atoms with Gasteiger partial charge in [0.1, 0.15) is 0 Å². The number of aromatic nitrogens is 1. The lowest BCUT2D eigenvalue weighted by molar-refractivity contribution is 0.533. The molecule has 0 N–H and O–H groups in total. The predicted octanol–water partition coefficient (Wildman–Crippen LogP) is 10.7. The molecule has 186 valence electrons. The van der Waals surface area contributed by atoms with Crippen molar-refractivity contribution in [3.05, 3.63) is 54.6 Å². The Labute approximate surface area is 216 Å². The number of hydrogen-bond donors (Lipinski definition) is 0. The molecule has 0 amide bonds. The van der Waals surface area contributed by atoms with Crippen LogP contribution in [0.15, 0.2) is 58.9 Å². The summed E-state index contributed by atoms with van der Waals surface area (Å²) in [7, 11) is 0. The Morgan fingerprint density at radius 1 is 0.647 bits per heavy atom. The van der Waals surface area contributed by atoms with Gasteiger partial charge in [0, 0.05) is 24.2 Å². The van der Waals surface area contributed by atoms with Crippen LogP contribution in [0.3, 0.4) is 0 Å². The Bertz CT molecular complexity index is 860. The van der Waals surface area contributed by atoms with Crippen molar-refractivity contribution in [1.29, 1.82) is 0 Å². The monoisotopic (exact) mass is 496 g/mol. The van der Waals surface area contributed by atoms with Crippen LogP contribution < -0.4 is 4.31 Å². The molecule has 0 atom stereocenters. The van der Waals surface area contributed by atoms with Crippen LogP contribution in [0.4, 0.5) is 5.69 Å². The third kappa shape index (κ3) is 10.4. The summed E-state index contributed by atoms with van der Waals surface area (Å²) in [6.07, 6.45) is 21.1. The highest BCUT2D eigenvalue weighted by Crippen LogP contribution is 2.34. The number of rotatable bonds is 19. The first-order chi connectivity index (χ1) is 16.9. The van der Waals surface area contributed by atoms with Crippen LogP contribution in [-0.4, -0.2) is 11.5 Å². The van der Waals surface area contributed by atoms with Crippen molar-refractivity contribution in [2.45, 2.75) is 108 Å². The molecule has 0 radical (unpaired) electrons. The van der Waals surface area contributed by atoms with Crippen molar-refractivity contribution in [2.75, 3.05) is 10.8 Å². The summed E-state index contributed by atoms with van der Waals surface area (Å²) >= 11 is 3.59. The van der Waals surface area contributed by atoms with Crippen molar-refractivity contribution in [3.8, 4) is 0 Å². The molecule has 0 saturated carbocycles. The molecule has 4 heteroatoms. The lowest BCUT2D eigenvalue weighted by atomic mass is 10.0. The van der Waals surface area contributed by atoms with Gasteiger partial charge in [-0.05, 0) is 30.7 Å². The Balaban J connectivity index is 1.27. The molecule has 0 fully saturated rings. The highest BCUT2D eigenvalue weighted by molar-refractivity contribution is 8.02. The third-order valence-electron chi connectivity index (χ3n) is 6.47. The van der Waals surface area contributed by atoms with Crippen LogP contribution in [0, 0.1) is 0 Å². The van der Waals surface area contributed by atoms with Gasteiger partial charge in [-0.25, -0.2) is 4.98 Å². The van der Waals surface area contributed by atoms with Crippen LogP contribution in [0.25, 0.3) is 10.2 Å². The molecule has 34 heavy (non-hydrogen) atoms. The van der Waals surface area contributed by atoms with E-state index in [4.69, 9.17) is 4.98 Å². The number of anilines is 1. The van der Waals surface area contributed by atoms with Crippen molar-refractivity contribution in [3.63, 3.8) is 0 Å². The molecule has 3 aromatic rings. The van der Waals surface area contributed by atoms with Gasteiger partial charge in [-0.2, -0.15) is 0 Å². The van der Waals surface area contributed by atoms with E-state index in [1.807, 2.05) is 0 Å². The van der Waals surface area contributed by atoms with Gasteiger partial charge in [0.2, 0.25) is 0 Å². The second-order valence-corrected chi connectivity index (χ2v) is 11.7. The first-order valence-corrected chi connectivity index (χ1v) is 15.3. The first-order valence-electron chi connectivity index (χ1n) is 13.7. The maximum Gasteiger partial charge on any atom is 0.171 e. The molecule has 2 nitrogen and oxygen atoms in total. The number of para-hydroxylation sites is 2. The Hall–Kier alpha value is -1.52. The van der Waals surface area contributed by atoms with Crippen molar-refractivity contribution < 1.29 is 0 Å². The molecule has 0 saturated heterocycles. The van der Waals surface area contributed by atoms with E-state index >= 15 is 0 Å². The zero-order valence-corrected chi connectivity index (χ0v) is 22.9. The lowest BCUT2D eigenvalue weighted by Gasteiger charge is -2.22. The minimum absolute atomic E-state index is 1.07. The minimum atomic E-state index is 1.07. The molecular formula is C30H44N2S2. The summed E-state index contributed by atoms with van der Waals surface area (Å²) < 4.78 is 4.83. The zero-order chi connectivity index (χ0) is 23.7. The fourth-order valence-electron chi connectivity index (χ4n) is 4.43. The summed E-state index contributed by atoms with van der Waals surface area (Å²) in [6, 6.07) is 19.2. The predicted molar refractivity (Wildman–Crippen MR) is 154 cm³/mol. The van der Waals surface area contributed by atoms with Gasteiger partial charge in [0.15, 0.2) is 4.34 Å². The average molecular weight is 497 g/mol. The largest absolute Gasteiger partial charge is 0.310 e. The molecule has 3 rings (SSSR count). The number of unbranched alkanes of at least 4 members (excludes halogenated alkanes) is 14. The Morgan fingerprint density at radius 2 is 1.18 bits per heavy atom. The van der Waals surface area contributed by atoms with Crippen molar-refractivity contribution in [2.24, 2.45) is 0 Å². The number of thiazole rings is 1. The molecule has 2 aromatic carbocycles. The second kappa shape index (κ2) is 17.0. The summed E-state index contributed by atoms with van der Waals surface area (Å²) in [4.78, 5) is 4.84. The number of nitrogens with zero attached hydrogens (tertiary/aromatic N) is 2. The first kappa shape index (κ1) is 27.1. The van der Waals surface area contributed by atoms with Gasteiger partial charge in [0.25, 0.3) is 0 Å². The van der Waals surface area contributed by atoms with Crippen molar-refractivity contribution in [1.82, 2.24) is 4.98 Å². The quantitative estimate of drug-likeness (QED) is 0.121.